The largest absolute Gasteiger partial charge is 0.379 e. The topological polar surface area (TPSA) is 108 Å². The summed E-state index contributed by atoms with van der Waals surface area (Å²) in [6, 6.07) is 5.86. The van der Waals surface area contributed by atoms with Crippen LogP contribution in [0.2, 0.25) is 0 Å². The van der Waals surface area contributed by atoms with E-state index in [1.54, 1.807) is 6.07 Å². The van der Waals surface area contributed by atoms with Gasteiger partial charge in [0.15, 0.2) is 0 Å². The molecule has 2 amide bonds. The molecule has 0 spiro atoms. The van der Waals surface area contributed by atoms with Gasteiger partial charge in [-0.05, 0) is 6.07 Å². The monoisotopic (exact) mass is 391 g/mol. The van der Waals surface area contributed by atoms with Crippen LogP contribution in [0.5, 0.6) is 0 Å². The summed E-state index contributed by atoms with van der Waals surface area (Å²) in [6.07, 6.45) is 0. The minimum Gasteiger partial charge on any atom is -0.379 e. The van der Waals surface area contributed by atoms with Crippen molar-refractivity contribution < 1.29 is 19.2 Å². The number of carbonyl (C=O) groups is 2. The summed E-state index contributed by atoms with van der Waals surface area (Å²) in [4.78, 5) is 40.9. The van der Waals surface area contributed by atoms with Gasteiger partial charge in [0.2, 0.25) is 11.8 Å². The van der Waals surface area contributed by atoms with Gasteiger partial charge in [0, 0.05) is 57.1 Å². The van der Waals surface area contributed by atoms with Crippen molar-refractivity contribution in [2.45, 2.75) is 0 Å². The van der Waals surface area contributed by atoms with Crippen LogP contribution in [0.3, 0.4) is 0 Å². The first-order chi connectivity index (χ1) is 13.5. The van der Waals surface area contributed by atoms with Gasteiger partial charge in [-0.15, -0.1) is 0 Å². The SMILES string of the molecule is O=C(CN1CCN(C(=O)CN2CCOCC2)CC1)Nc1cccc([N+](=O)[O-])c1. The van der Waals surface area contributed by atoms with Crippen LogP contribution < -0.4 is 5.32 Å². The zero-order valence-corrected chi connectivity index (χ0v) is 15.7. The predicted molar refractivity (Wildman–Crippen MR) is 102 cm³/mol. The summed E-state index contributed by atoms with van der Waals surface area (Å²) >= 11 is 0. The number of non-ortho nitro benzene ring substituents is 1. The number of carbonyl (C=O) groups excluding carboxylic acids is 2. The minimum absolute atomic E-state index is 0.0646. The molecule has 2 fully saturated rings. The standard InChI is InChI=1S/C18H25N5O5/c24-17(19-15-2-1-3-16(12-15)23(26)27)13-20-4-6-22(7-5-20)18(25)14-21-8-10-28-11-9-21/h1-3,12H,4-11,13-14H2,(H,19,24). The van der Waals surface area contributed by atoms with Gasteiger partial charge in [0.1, 0.15) is 0 Å². The Kier molecular flexibility index (Phi) is 6.90. The molecule has 0 atom stereocenters. The number of rotatable bonds is 6. The molecule has 2 heterocycles. The van der Waals surface area contributed by atoms with Gasteiger partial charge in [-0.1, -0.05) is 6.07 Å². The zero-order chi connectivity index (χ0) is 19.9. The molecule has 2 saturated heterocycles. The van der Waals surface area contributed by atoms with Crippen LogP contribution >= 0.6 is 0 Å². The van der Waals surface area contributed by atoms with E-state index in [1.807, 2.05) is 9.80 Å². The number of nitrogens with one attached hydrogen (secondary N) is 1. The van der Waals surface area contributed by atoms with E-state index in [1.165, 1.54) is 18.2 Å². The Labute approximate surface area is 163 Å². The van der Waals surface area contributed by atoms with Crippen LogP contribution in [0.15, 0.2) is 24.3 Å². The average Bonchev–Trinajstić information content (AvgIpc) is 2.69. The fourth-order valence-electron chi connectivity index (χ4n) is 3.31. The Morgan fingerprint density at radius 1 is 1.04 bits per heavy atom. The van der Waals surface area contributed by atoms with Crippen LogP contribution in [-0.4, -0.2) is 97.0 Å². The lowest BCUT2D eigenvalue weighted by Crippen LogP contribution is -2.53. The Bertz CT molecular complexity index is 714. The first-order valence-electron chi connectivity index (χ1n) is 9.36. The van der Waals surface area contributed by atoms with E-state index in [2.05, 4.69) is 10.2 Å². The van der Waals surface area contributed by atoms with Crippen molar-refractivity contribution in [1.82, 2.24) is 14.7 Å². The molecule has 10 heteroatoms. The number of nitro benzene ring substituents is 1. The number of ether oxygens (including phenoxy) is 1. The quantitative estimate of drug-likeness (QED) is 0.537. The van der Waals surface area contributed by atoms with Crippen LogP contribution in [0.25, 0.3) is 0 Å². The highest BCUT2D eigenvalue weighted by molar-refractivity contribution is 5.92. The Hall–Kier alpha value is -2.56. The maximum Gasteiger partial charge on any atom is 0.271 e. The number of hydrogen-bond acceptors (Lipinski definition) is 7. The lowest BCUT2D eigenvalue weighted by Gasteiger charge is -2.36. The summed E-state index contributed by atoms with van der Waals surface area (Å²) in [5, 5.41) is 13.5. The first kappa shape index (κ1) is 20.2. The molecule has 3 rings (SSSR count). The lowest BCUT2D eigenvalue weighted by atomic mass is 10.2. The average molecular weight is 391 g/mol. The van der Waals surface area contributed by atoms with Crippen molar-refractivity contribution in [3.05, 3.63) is 34.4 Å². The van der Waals surface area contributed by atoms with E-state index in [0.29, 0.717) is 51.6 Å². The summed E-state index contributed by atoms with van der Waals surface area (Å²) in [5.74, 6) is -0.115. The number of amides is 2. The van der Waals surface area contributed by atoms with Gasteiger partial charge >= 0.3 is 0 Å². The van der Waals surface area contributed by atoms with Crippen LogP contribution in [-0.2, 0) is 14.3 Å². The molecular weight excluding hydrogens is 366 g/mol. The lowest BCUT2D eigenvalue weighted by molar-refractivity contribution is -0.384. The highest BCUT2D eigenvalue weighted by Crippen LogP contribution is 2.17. The molecule has 0 aliphatic carbocycles. The summed E-state index contributed by atoms with van der Waals surface area (Å²) in [5.41, 5.74) is 0.337. The fourth-order valence-corrected chi connectivity index (χ4v) is 3.31. The molecular formula is C18H25N5O5. The molecule has 10 nitrogen and oxygen atoms in total. The molecule has 0 bridgehead atoms. The number of morpholine rings is 1. The molecule has 28 heavy (non-hydrogen) atoms. The molecule has 0 aromatic heterocycles. The van der Waals surface area contributed by atoms with Crippen molar-refractivity contribution in [2.24, 2.45) is 0 Å². The third-order valence-electron chi connectivity index (χ3n) is 4.90. The highest BCUT2D eigenvalue weighted by Gasteiger charge is 2.24. The third kappa shape index (κ3) is 5.72. The number of piperazine rings is 1. The Morgan fingerprint density at radius 2 is 1.71 bits per heavy atom. The third-order valence-corrected chi connectivity index (χ3v) is 4.90. The predicted octanol–water partition coefficient (Wildman–Crippen LogP) is 0.00970. The van der Waals surface area contributed by atoms with Crippen molar-refractivity contribution >= 4 is 23.2 Å². The number of nitro groups is 1. The smallest absolute Gasteiger partial charge is 0.271 e. The molecule has 1 N–H and O–H groups in total. The van der Waals surface area contributed by atoms with E-state index in [4.69, 9.17) is 4.74 Å². The maximum absolute atomic E-state index is 12.4. The molecule has 2 aliphatic rings. The zero-order valence-electron chi connectivity index (χ0n) is 15.7. The van der Waals surface area contributed by atoms with Gasteiger partial charge in [0.25, 0.3) is 5.69 Å². The molecule has 0 unspecified atom stereocenters. The second kappa shape index (κ2) is 9.58. The number of anilines is 1. The minimum atomic E-state index is -0.497. The highest BCUT2D eigenvalue weighted by atomic mass is 16.6. The molecule has 1 aromatic carbocycles. The van der Waals surface area contributed by atoms with Crippen LogP contribution in [0.1, 0.15) is 0 Å². The van der Waals surface area contributed by atoms with Crippen LogP contribution in [0, 0.1) is 10.1 Å². The van der Waals surface area contributed by atoms with Gasteiger partial charge in [-0.2, -0.15) is 0 Å². The maximum atomic E-state index is 12.4. The molecule has 2 aliphatic heterocycles. The summed E-state index contributed by atoms with van der Waals surface area (Å²) in [7, 11) is 0. The van der Waals surface area contributed by atoms with E-state index in [-0.39, 0.29) is 24.0 Å². The molecule has 152 valence electrons. The van der Waals surface area contributed by atoms with Gasteiger partial charge in [-0.25, -0.2) is 0 Å². The Morgan fingerprint density at radius 3 is 2.39 bits per heavy atom. The van der Waals surface area contributed by atoms with Gasteiger partial charge in [-0.3, -0.25) is 29.5 Å². The van der Waals surface area contributed by atoms with E-state index >= 15 is 0 Å². The number of hydrogen-bond donors (Lipinski definition) is 1. The molecule has 1 aromatic rings. The van der Waals surface area contributed by atoms with Gasteiger partial charge < -0.3 is 15.0 Å². The molecule has 0 saturated carbocycles. The van der Waals surface area contributed by atoms with Crippen molar-refractivity contribution in [2.75, 3.05) is 70.9 Å². The normalized spacial score (nSPS) is 18.6. The number of nitrogens with zero attached hydrogens (tertiary/aromatic N) is 4. The second-order valence-electron chi connectivity index (χ2n) is 6.90. The van der Waals surface area contributed by atoms with E-state index in [9.17, 15) is 19.7 Å². The van der Waals surface area contributed by atoms with Crippen molar-refractivity contribution in [3.63, 3.8) is 0 Å². The summed E-state index contributed by atoms with van der Waals surface area (Å²) < 4.78 is 5.29. The van der Waals surface area contributed by atoms with E-state index < -0.39 is 4.92 Å². The Balaban J connectivity index is 1.41. The molecule has 0 radical (unpaired) electrons. The van der Waals surface area contributed by atoms with Crippen molar-refractivity contribution in [3.8, 4) is 0 Å². The van der Waals surface area contributed by atoms with E-state index in [0.717, 1.165) is 13.1 Å². The van der Waals surface area contributed by atoms with Gasteiger partial charge in [0.05, 0.1) is 31.2 Å². The van der Waals surface area contributed by atoms with Crippen molar-refractivity contribution in [1.29, 1.82) is 0 Å². The second-order valence-corrected chi connectivity index (χ2v) is 6.90. The van der Waals surface area contributed by atoms with Crippen LogP contribution in [0.4, 0.5) is 11.4 Å². The fraction of sp³-hybridized carbons (Fsp3) is 0.556. The first-order valence-corrected chi connectivity index (χ1v) is 9.36. The number of benzene rings is 1. The summed E-state index contributed by atoms with van der Waals surface area (Å²) in [6.45, 7) is 5.92.